The quantitative estimate of drug-likeness (QED) is 0.801. The molecule has 0 radical (unpaired) electrons. The normalized spacial score (nSPS) is 13.0. The number of nitrogens with one attached hydrogen (secondary N) is 1. The van der Waals surface area contributed by atoms with Crippen LogP contribution in [-0.2, 0) is 11.2 Å². The average Bonchev–Trinajstić information content (AvgIpc) is 2.94. The van der Waals surface area contributed by atoms with E-state index in [1.54, 1.807) is 25.1 Å². The van der Waals surface area contributed by atoms with Gasteiger partial charge in [-0.3, -0.25) is 4.79 Å². The Morgan fingerprint density at radius 2 is 1.96 bits per heavy atom. The molecule has 24 heavy (non-hydrogen) atoms. The van der Waals surface area contributed by atoms with Gasteiger partial charge in [-0.1, -0.05) is 6.07 Å². The molecule has 6 heteroatoms. The largest absolute Gasteiger partial charge is 0.486 e. The van der Waals surface area contributed by atoms with Crippen LogP contribution in [0, 0.1) is 6.92 Å². The zero-order valence-corrected chi connectivity index (χ0v) is 13.2. The first-order valence-electron chi connectivity index (χ1n) is 7.73. The number of oxazole rings is 1. The van der Waals surface area contributed by atoms with E-state index < -0.39 is 0 Å². The third-order valence-corrected chi connectivity index (χ3v) is 3.75. The fourth-order valence-corrected chi connectivity index (χ4v) is 2.71. The first-order chi connectivity index (χ1) is 11.7. The fourth-order valence-electron chi connectivity index (χ4n) is 2.71. The van der Waals surface area contributed by atoms with Gasteiger partial charge in [0.05, 0.1) is 6.42 Å². The van der Waals surface area contributed by atoms with Crippen LogP contribution in [0.3, 0.4) is 0 Å². The van der Waals surface area contributed by atoms with Crippen LogP contribution in [0.15, 0.2) is 40.8 Å². The number of aromatic nitrogens is 1. The van der Waals surface area contributed by atoms with Crippen LogP contribution in [0.2, 0.25) is 0 Å². The summed E-state index contributed by atoms with van der Waals surface area (Å²) in [7, 11) is 0. The Balaban J connectivity index is 1.47. The van der Waals surface area contributed by atoms with E-state index in [0.29, 0.717) is 41.9 Å². The number of carbonyl (C=O) groups is 1. The van der Waals surface area contributed by atoms with Crippen LogP contribution >= 0.6 is 0 Å². The molecule has 0 unspecified atom stereocenters. The van der Waals surface area contributed by atoms with E-state index in [4.69, 9.17) is 13.9 Å². The first kappa shape index (κ1) is 14.6. The molecule has 0 bridgehead atoms. The van der Waals surface area contributed by atoms with Gasteiger partial charge < -0.3 is 19.2 Å². The summed E-state index contributed by atoms with van der Waals surface area (Å²) in [5, 5.41) is 2.87. The maximum atomic E-state index is 12.3. The Morgan fingerprint density at radius 3 is 2.83 bits per heavy atom. The van der Waals surface area contributed by atoms with Crippen LogP contribution in [0.25, 0.3) is 11.1 Å². The lowest BCUT2D eigenvalue weighted by atomic mass is 10.1. The predicted molar refractivity (Wildman–Crippen MR) is 88.5 cm³/mol. The van der Waals surface area contributed by atoms with Gasteiger partial charge in [-0.2, -0.15) is 0 Å². The van der Waals surface area contributed by atoms with E-state index in [2.05, 4.69) is 10.3 Å². The highest BCUT2D eigenvalue weighted by Crippen LogP contribution is 2.32. The lowest BCUT2D eigenvalue weighted by Gasteiger charge is -2.19. The molecule has 1 aliphatic heterocycles. The van der Waals surface area contributed by atoms with Crippen LogP contribution in [0.1, 0.15) is 11.5 Å². The van der Waals surface area contributed by atoms with Crippen molar-refractivity contribution in [2.45, 2.75) is 13.3 Å². The molecule has 0 saturated heterocycles. The van der Waals surface area contributed by atoms with Crippen molar-refractivity contribution in [2.24, 2.45) is 0 Å². The van der Waals surface area contributed by atoms with Gasteiger partial charge in [-0.05, 0) is 29.8 Å². The molecule has 2 aromatic carbocycles. The molecular weight excluding hydrogens is 308 g/mol. The molecule has 122 valence electrons. The monoisotopic (exact) mass is 324 g/mol. The summed E-state index contributed by atoms with van der Waals surface area (Å²) in [6.07, 6.45) is 0.254. The maximum absolute atomic E-state index is 12.3. The van der Waals surface area contributed by atoms with E-state index in [-0.39, 0.29) is 12.3 Å². The molecule has 0 spiro atoms. The van der Waals surface area contributed by atoms with Gasteiger partial charge in [0.2, 0.25) is 5.91 Å². The van der Waals surface area contributed by atoms with E-state index in [1.807, 2.05) is 18.2 Å². The van der Waals surface area contributed by atoms with Crippen molar-refractivity contribution in [3.8, 4) is 11.5 Å². The van der Waals surface area contributed by atoms with Crippen molar-refractivity contribution < 1.29 is 18.7 Å². The number of aryl methyl sites for hydroxylation is 1. The van der Waals surface area contributed by atoms with Crippen molar-refractivity contribution in [1.82, 2.24) is 4.98 Å². The van der Waals surface area contributed by atoms with Gasteiger partial charge in [-0.15, -0.1) is 0 Å². The average molecular weight is 324 g/mol. The summed E-state index contributed by atoms with van der Waals surface area (Å²) in [6.45, 7) is 2.86. The second-order valence-corrected chi connectivity index (χ2v) is 5.62. The van der Waals surface area contributed by atoms with Gasteiger partial charge in [-0.25, -0.2) is 4.98 Å². The van der Waals surface area contributed by atoms with Crippen molar-refractivity contribution in [2.75, 3.05) is 18.5 Å². The summed E-state index contributed by atoms with van der Waals surface area (Å²) in [4.78, 5) is 16.5. The topological polar surface area (TPSA) is 73.6 Å². The standard InChI is InChI=1S/C18H16N2O4/c1-11-19-14-4-2-12(8-16(14)24-11)9-18(21)20-13-3-5-15-17(10-13)23-7-6-22-15/h2-5,8,10H,6-7,9H2,1H3,(H,20,21). The van der Waals surface area contributed by atoms with E-state index in [1.165, 1.54) is 0 Å². The number of anilines is 1. The first-order valence-corrected chi connectivity index (χ1v) is 7.73. The van der Waals surface area contributed by atoms with Crippen molar-refractivity contribution in [3.05, 3.63) is 47.9 Å². The highest BCUT2D eigenvalue weighted by molar-refractivity contribution is 5.93. The third-order valence-electron chi connectivity index (χ3n) is 3.75. The third kappa shape index (κ3) is 2.90. The van der Waals surface area contributed by atoms with E-state index >= 15 is 0 Å². The molecule has 6 nitrogen and oxygen atoms in total. The fraction of sp³-hybridized carbons (Fsp3) is 0.222. The zero-order chi connectivity index (χ0) is 16.5. The van der Waals surface area contributed by atoms with Crippen LogP contribution in [-0.4, -0.2) is 24.1 Å². The van der Waals surface area contributed by atoms with E-state index in [0.717, 1.165) is 11.1 Å². The van der Waals surface area contributed by atoms with Gasteiger partial charge >= 0.3 is 0 Å². The number of hydrogen-bond acceptors (Lipinski definition) is 5. The molecular formula is C18H16N2O4. The maximum Gasteiger partial charge on any atom is 0.228 e. The molecule has 0 aliphatic carbocycles. The van der Waals surface area contributed by atoms with Gasteiger partial charge in [0, 0.05) is 18.7 Å². The molecule has 0 saturated carbocycles. The van der Waals surface area contributed by atoms with Crippen LogP contribution < -0.4 is 14.8 Å². The van der Waals surface area contributed by atoms with Gasteiger partial charge in [0.25, 0.3) is 0 Å². The van der Waals surface area contributed by atoms with Crippen molar-refractivity contribution >= 4 is 22.7 Å². The van der Waals surface area contributed by atoms with Crippen LogP contribution in [0.4, 0.5) is 5.69 Å². The van der Waals surface area contributed by atoms with Gasteiger partial charge in [0.1, 0.15) is 18.7 Å². The number of ether oxygens (including phenoxy) is 2. The van der Waals surface area contributed by atoms with Gasteiger partial charge in [0.15, 0.2) is 23.0 Å². The number of nitrogens with zero attached hydrogens (tertiary/aromatic N) is 1. The number of amides is 1. The second kappa shape index (κ2) is 5.88. The minimum Gasteiger partial charge on any atom is -0.486 e. The molecule has 2 heterocycles. The Bertz CT molecular complexity index is 917. The summed E-state index contributed by atoms with van der Waals surface area (Å²) in [5.41, 5.74) is 3.04. The lowest BCUT2D eigenvalue weighted by molar-refractivity contribution is -0.115. The summed E-state index contributed by atoms with van der Waals surface area (Å²) in [6, 6.07) is 11.0. The molecule has 1 aromatic heterocycles. The highest BCUT2D eigenvalue weighted by atomic mass is 16.6. The number of rotatable bonds is 3. The molecule has 0 atom stereocenters. The van der Waals surface area contributed by atoms with Crippen molar-refractivity contribution in [1.29, 1.82) is 0 Å². The number of benzene rings is 2. The lowest BCUT2D eigenvalue weighted by Crippen LogP contribution is -2.17. The smallest absolute Gasteiger partial charge is 0.228 e. The number of carbonyl (C=O) groups excluding carboxylic acids is 1. The molecule has 4 rings (SSSR count). The van der Waals surface area contributed by atoms with Crippen LogP contribution in [0.5, 0.6) is 11.5 Å². The molecule has 1 aliphatic rings. The number of fused-ring (bicyclic) bond motifs is 2. The molecule has 1 N–H and O–H groups in total. The zero-order valence-electron chi connectivity index (χ0n) is 13.2. The Labute approximate surface area is 138 Å². The minimum absolute atomic E-state index is 0.109. The Kier molecular flexibility index (Phi) is 3.57. The SMILES string of the molecule is Cc1nc2ccc(CC(=O)Nc3ccc4c(c3)OCCO4)cc2o1. The minimum atomic E-state index is -0.109. The second-order valence-electron chi connectivity index (χ2n) is 5.62. The highest BCUT2D eigenvalue weighted by Gasteiger charge is 2.13. The van der Waals surface area contributed by atoms with E-state index in [9.17, 15) is 4.79 Å². The molecule has 1 amide bonds. The molecule has 0 fully saturated rings. The van der Waals surface area contributed by atoms with Crippen molar-refractivity contribution in [3.63, 3.8) is 0 Å². The predicted octanol–water partition coefficient (Wildman–Crippen LogP) is 3.09. The Morgan fingerprint density at radius 1 is 1.12 bits per heavy atom. The summed E-state index contributed by atoms with van der Waals surface area (Å²) >= 11 is 0. The molecule has 3 aromatic rings. The summed E-state index contributed by atoms with van der Waals surface area (Å²) in [5.74, 6) is 1.85. The number of hydrogen-bond donors (Lipinski definition) is 1. The Hall–Kier alpha value is -3.02. The summed E-state index contributed by atoms with van der Waals surface area (Å²) < 4.78 is 16.5.